The zero-order valence-corrected chi connectivity index (χ0v) is 11.3. The minimum Gasteiger partial charge on any atom is -0.389 e. The van der Waals surface area contributed by atoms with Gasteiger partial charge in [-0.3, -0.25) is 4.79 Å². The Hall–Kier alpha value is -0.650. The van der Waals surface area contributed by atoms with Gasteiger partial charge < -0.3 is 20.5 Å². The predicted molar refractivity (Wildman–Crippen MR) is 68.0 cm³/mol. The number of carbonyl (C=O) groups is 1. The minimum atomic E-state index is -0.710. The highest BCUT2D eigenvalue weighted by Crippen LogP contribution is 2.37. The van der Waals surface area contributed by atoms with Crippen LogP contribution in [0, 0.1) is 5.92 Å². The van der Waals surface area contributed by atoms with Gasteiger partial charge in [0.15, 0.2) is 0 Å². The smallest absolute Gasteiger partial charge is 0.242 e. The molecule has 1 saturated carbocycles. The Bertz CT molecular complexity index is 330. The molecule has 2 rings (SSSR count). The van der Waals surface area contributed by atoms with Gasteiger partial charge in [-0.25, -0.2) is 0 Å². The van der Waals surface area contributed by atoms with Crippen molar-refractivity contribution < 1.29 is 14.6 Å². The van der Waals surface area contributed by atoms with Crippen molar-refractivity contribution in [1.29, 1.82) is 0 Å². The molecule has 1 aliphatic carbocycles. The van der Waals surface area contributed by atoms with Crippen molar-refractivity contribution in [2.75, 3.05) is 26.8 Å². The molecule has 0 bridgehead atoms. The lowest BCUT2D eigenvalue weighted by atomic mass is 9.79. The van der Waals surface area contributed by atoms with Gasteiger partial charge in [-0.1, -0.05) is 6.92 Å². The summed E-state index contributed by atoms with van der Waals surface area (Å²) in [6.45, 7) is 3.74. The molecular formula is C13H24N2O3. The van der Waals surface area contributed by atoms with E-state index in [4.69, 9.17) is 10.5 Å². The quantitative estimate of drug-likeness (QED) is 0.749. The SMILES string of the molecule is COCC[C@@]1(O)CCN(C(=O)C2(N)CC2)C[C@@H]1C. The lowest BCUT2D eigenvalue weighted by Gasteiger charge is -2.44. The number of carbonyl (C=O) groups excluding carboxylic acids is 1. The second-order valence-corrected chi connectivity index (χ2v) is 5.90. The van der Waals surface area contributed by atoms with Crippen LogP contribution in [0.25, 0.3) is 0 Å². The third kappa shape index (κ3) is 2.53. The second-order valence-electron chi connectivity index (χ2n) is 5.90. The van der Waals surface area contributed by atoms with E-state index >= 15 is 0 Å². The van der Waals surface area contributed by atoms with Crippen molar-refractivity contribution in [2.24, 2.45) is 11.7 Å². The summed E-state index contributed by atoms with van der Waals surface area (Å²) in [6, 6.07) is 0. The van der Waals surface area contributed by atoms with Crippen LogP contribution in [0.2, 0.25) is 0 Å². The summed E-state index contributed by atoms with van der Waals surface area (Å²) in [6.07, 6.45) is 2.83. The van der Waals surface area contributed by atoms with Gasteiger partial charge in [0.1, 0.15) is 0 Å². The summed E-state index contributed by atoms with van der Waals surface area (Å²) in [7, 11) is 1.64. The molecular weight excluding hydrogens is 232 g/mol. The van der Waals surface area contributed by atoms with Gasteiger partial charge in [0.2, 0.25) is 5.91 Å². The fourth-order valence-corrected chi connectivity index (χ4v) is 2.66. The highest BCUT2D eigenvalue weighted by Gasteiger charge is 2.50. The van der Waals surface area contributed by atoms with Gasteiger partial charge in [-0.15, -0.1) is 0 Å². The highest BCUT2D eigenvalue weighted by atomic mass is 16.5. The standard InChI is InChI=1S/C13H24N2O3/c1-10-9-15(11(16)12(14)3-4-12)7-5-13(10,17)6-8-18-2/h10,17H,3-9,14H2,1-2H3/t10-,13-/m0/s1. The topological polar surface area (TPSA) is 75.8 Å². The number of amides is 1. The molecule has 0 radical (unpaired) electrons. The second kappa shape index (κ2) is 4.79. The van der Waals surface area contributed by atoms with E-state index in [1.807, 2.05) is 11.8 Å². The van der Waals surface area contributed by atoms with Crippen molar-refractivity contribution >= 4 is 5.91 Å². The number of nitrogens with zero attached hydrogens (tertiary/aromatic N) is 1. The number of rotatable bonds is 4. The monoisotopic (exact) mass is 256 g/mol. The van der Waals surface area contributed by atoms with E-state index in [0.29, 0.717) is 32.5 Å². The first-order valence-corrected chi connectivity index (χ1v) is 6.71. The van der Waals surface area contributed by atoms with E-state index in [9.17, 15) is 9.90 Å². The van der Waals surface area contributed by atoms with E-state index in [-0.39, 0.29) is 11.8 Å². The van der Waals surface area contributed by atoms with E-state index in [0.717, 1.165) is 12.8 Å². The number of methoxy groups -OCH3 is 1. The molecule has 1 heterocycles. The Balaban J connectivity index is 1.93. The molecule has 2 fully saturated rings. The molecule has 1 saturated heterocycles. The molecule has 5 nitrogen and oxygen atoms in total. The molecule has 18 heavy (non-hydrogen) atoms. The molecule has 1 amide bonds. The summed E-state index contributed by atoms with van der Waals surface area (Å²) in [4.78, 5) is 14.0. The Labute approximate surface area is 108 Å². The first-order chi connectivity index (χ1) is 8.41. The van der Waals surface area contributed by atoms with Crippen molar-refractivity contribution in [3.8, 4) is 0 Å². The first kappa shape index (κ1) is 13.8. The fraction of sp³-hybridized carbons (Fsp3) is 0.923. The van der Waals surface area contributed by atoms with E-state index in [1.165, 1.54) is 0 Å². The largest absolute Gasteiger partial charge is 0.389 e. The van der Waals surface area contributed by atoms with Crippen LogP contribution >= 0.6 is 0 Å². The van der Waals surface area contributed by atoms with Crippen LogP contribution in [0.1, 0.15) is 32.6 Å². The number of hydrogen-bond acceptors (Lipinski definition) is 4. The number of hydrogen-bond donors (Lipinski definition) is 2. The number of nitrogens with two attached hydrogens (primary N) is 1. The maximum Gasteiger partial charge on any atom is 0.242 e. The van der Waals surface area contributed by atoms with Crippen molar-refractivity contribution in [3.63, 3.8) is 0 Å². The van der Waals surface area contributed by atoms with Crippen molar-refractivity contribution in [1.82, 2.24) is 4.90 Å². The van der Waals surface area contributed by atoms with Gasteiger partial charge in [0.25, 0.3) is 0 Å². The summed E-state index contributed by atoms with van der Waals surface area (Å²) in [5.41, 5.74) is 4.63. The summed E-state index contributed by atoms with van der Waals surface area (Å²) in [5.74, 6) is 0.121. The minimum absolute atomic E-state index is 0.0585. The van der Waals surface area contributed by atoms with E-state index in [1.54, 1.807) is 7.11 Å². The number of ether oxygens (including phenoxy) is 1. The fourth-order valence-electron chi connectivity index (χ4n) is 2.66. The van der Waals surface area contributed by atoms with Crippen LogP contribution in [0.3, 0.4) is 0 Å². The molecule has 0 aromatic rings. The maximum atomic E-state index is 12.1. The number of piperidine rings is 1. The van der Waals surface area contributed by atoms with Crippen LogP contribution in [0.15, 0.2) is 0 Å². The van der Waals surface area contributed by atoms with Gasteiger partial charge in [0.05, 0.1) is 11.1 Å². The average molecular weight is 256 g/mol. The molecule has 1 aliphatic heterocycles. The maximum absolute atomic E-state index is 12.1. The van der Waals surface area contributed by atoms with Crippen LogP contribution in [0.5, 0.6) is 0 Å². The van der Waals surface area contributed by atoms with Crippen molar-refractivity contribution in [2.45, 2.75) is 43.7 Å². The average Bonchev–Trinajstić information content (AvgIpc) is 3.09. The Kier molecular flexibility index (Phi) is 3.67. The third-order valence-corrected chi connectivity index (χ3v) is 4.47. The van der Waals surface area contributed by atoms with Crippen LogP contribution < -0.4 is 5.73 Å². The molecule has 0 spiro atoms. The van der Waals surface area contributed by atoms with E-state index in [2.05, 4.69) is 0 Å². The lowest BCUT2D eigenvalue weighted by Crippen LogP contribution is -2.56. The van der Waals surface area contributed by atoms with Crippen LogP contribution in [0.4, 0.5) is 0 Å². The summed E-state index contributed by atoms with van der Waals surface area (Å²) < 4.78 is 5.04. The molecule has 0 aromatic carbocycles. The Morgan fingerprint density at radius 1 is 1.50 bits per heavy atom. The molecule has 104 valence electrons. The zero-order valence-electron chi connectivity index (χ0n) is 11.3. The molecule has 2 atom stereocenters. The van der Waals surface area contributed by atoms with Gasteiger partial charge in [-0.2, -0.15) is 0 Å². The lowest BCUT2D eigenvalue weighted by molar-refractivity contribution is -0.142. The van der Waals surface area contributed by atoms with E-state index < -0.39 is 11.1 Å². The van der Waals surface area contributed by atoms with Gasteiger partial charge in [0, 0.05) is 32.7 Å². The molecule has 5 heteroatoms. The summed E-state index contributed by atoms with van der Waals surface area (Å²) >= 11 is 0. The number of aliphatic hydroxyl groups is 1. The predicted octanol–water partition coefficient (Wildman–Crippen LogP) is 0.114. The normalized spacial score (nSPS) is 34.4. The molecule has 0 unspecified atom stereocenters. The van der Waals surface area contributed by atoms with Gasteiger partial charge >= 0.3 is 0 Å². The van der Waals surface area contributed by atoms with Crippen LogP contribution in [-0.2, 0) is 9.53 Å². The Morgan fingerprint density at radius 2 is 2.17 bits per heavy atom. The van der Waals surface area contributed by atoms with Gasteiger partial charge in [-0.05, 0) is 25.7 Å². The number of likely N-dealkylation sites (tertiary alicyclic amines) is 1. The first-order valence-electron chi connectivity index (χ1n) is 6.71. The molecule has 3 N–H and O–H groups in total. The summed E-state index contributed by atoms with van der Waals surface area (Å²) in [5, 5.41) is 10.5. The van der Waals surface area contributed by atoms with Crippen LogP contribution in [-0.4, -0.2) is 53.9 Å². The zero-order chi connectivity index (χ0) is 13.4. The highest BCUT2D eigenvalue weighted by molar-refractivity contribution is 5.89. The molecule has 2 aliphatic rings. The third-order valence-electron chi connectivity index (χ3n) is 4.47. The van der Waals surface area contributed by atoms with Crippen molar-refractivity contribution in [3.05, 3.63) is 0 Å². The molecule has 0 aromatic heterocycles. The Morgan fingerprint density at radius 3 is 2.67 bits per heavy atom.